The maximum Gasteiger partial charge on any atom is 0.0452 e. The second kappa shape index (κ2) is 2.36. The summed E-state index contributed by atoms with van der Waals surface area (Å²) >= 11 is 0. The molecule has 1 nitrogen and oxygen atoms in total. The van der Waals surface area contributed by atoms with Crippen LogP contribution in [0.15, 0.2) is 18.2 Å². The molecule has 1 aromatic carbocycles. The molecular formula is C12H15N. The van der Waals surface area contributed by atoms with Crippen LogP contribution >= 0.6 is 0 Å². The molecule has 1 heteroatoms. The van der Waals surface area contributed by atoms with Crippen molar-refractivity contribution in [3.05, 3.63) is 34.9 Å². The first kappa shape index (κ1) is 7.57. The van der Waals surface area contributed by atoms with E-state index in [4.69, 9.17) is 0 Å². The van der Waals surface area contributed by atoms with E-state index in [0.29, 0.717) is 5.54 Å². The number of hydrogen-bond donors (Lipinski definition) is 1. The van der Waals surface area contributed by atoms with Crippen LogP contribution in [0.1, 0.15) is 29.5 Å². The van der Waals surface area contributed by atoms with Gasteiger partial charge in [0.15, 0.2) is 0 Å². The summed E-state index contributed by atoms with van der Waals surface area (Å²) in [6.07, 6.45) is 3.91. The van der Waals surface area contributed by atoms with Gasteiger partial charge in [0.1, 0.15) is 0 Å². The van der Waals surface area contributed by atoms with Gasteiger partial charge in [-0.2, -0.15) is 0 Å². The number of fused-ring (bicyclic) bond motifs is 2. The molecule has 13 heavy (non-hydrogen) atoms. The molecule has 68 valence electrons. The highest BCUT2D eigenvalue weighted by molar-refractivity contribution is 5.42. The van der Waals surface area contributed by atoms with Gasteiger partial charge in [0, 0.05) is 5.54 Å². The van der Waals surface area contributed by atoms with Gasteiger partial charge in [0.05, 0.1) is 0 Å². The van der Waals surface area contributed by atoms with Crippen molar-refractivity contribution < 1.29 is 0 Å². The van der Waals surface area contributed by atoms with Crippen LogP contribution in [0, 0.1) is 6.92 Å². The Kier molecular flexibility index (Phi) is 1.37. The Bertz CT molecular complexity index is 350. The molecule has 1 aliphatic heterocycles. The van der Waals surface area contributed by atoms with Gasteiger partial charge < -0.3 is 5.32 Å². The summed E-state index contributed by atoms with van der Waals surface area (Å²) < 4.78 is 0. The van der Waals surface area contributed by atoms with Gasteiger partial charge in [-0.25, -0.2) is 0 Å². The minimum absolute atomic E-state index is 0.390. The van der Waals surface area contributed by atoms with E-state index in [1.54, 1.807) is 11.1 Å². The molecule has 0 saturated carbocycles. The van der Waals surface area contributed by atoms with Crippen LogP contribution in [0.25, 0.3) is 0 Å². The standard InChI is InChI=1S/C12H15N/c1-9-2-3-10-4-5-12(6-7-13-12)11(10)8-9/h2-3,8,13H,4-7H2,1H3/t12-/m0/s1. The van der Waals surface area contributed by atoms with Gasteiger partial charge in [-0.15, -0.1) is 0 Å². The van der Waals surface area contributed by atoms with Gasteiger partial charge in [0.25, 0.3) is 0 Å². The number of hydrogen-bond acceptors (Lipinski definition) is 1. The monoisotopic (exact) mass is 173 g/mol. The van der Waals surface area contributed by atoms with Crippen molar-refractivity contribution in [1.82, 2.24) is 5.32 Å². The van der Waals surface area contributed by atoms with Crippen molar-refractivity contribution >= 4 is 0 Å². The molecule has 0 aromatic heterocycles. The summed E-state index contributed by atoms with van der Waals surface area (Å²) in [4.78, 5) is 0. The van der Waals surface area contributed by atoms with E-state index in [-0.39, 0.29) is 0 Å². The van der Waals surface area contributed by atoms with Crippen molar-refractivity contribution in [3.8, 4) is 0 Å². The van der Waals surface area contributed by atoms with Crippen molar-refractivity contribution in [2.45, 2.75) is 31.7 Å². The lowest BCUT2D eigenvalue weighted by atomic mass is 9.82. The van der Waals surface area contributed by atoms with Crippen molar-refractivity contribution in [3.63, 3.8) is 0 Å². The van der Waals surface area contributed by atoms with Gasteiger partial charge in [0.2, 0.25) is 0 Å². The molecule has 1 aliphatic carbocycles. The van der Waals surface area contributed by atoms with E-state index in [1.165, 1.54) is 31.4 Å². The van der Waals surface area contributed by atoms with Gasteiger partial charge in [-0.1, -0.05) is 23.8 Å². The molecule has 0 bridgehead atoms. The lowest BCUT2D eigenvalue weighted by molar-refractivity contribution is 0.210. The Morgan fingerprint density at radius 2 is 2.15 bits per heavy atom. The Labute approximate surface area is 79.2 Å². The maximum atomic E-state index is 3.60. The second-order valence-corrected chi connectivity index (χ2v) is 4.42. The lowest BCUT2D eigenvalue weighted by Crippen LogP contribution is -2.52. The van der Waals surface area contributed by atoms with E-state index in [2.05, 4.69) is 30.4 Å². The quantitative estimate of drug-likeness (QED) is 0.633. The number of nitrogens with one attached hydrogen (secondary N) is 1. The Hall–Kier alpha value is -0.820. The van der Waals surface area contributed by atoms with Gasteiger partial charge >= 0.3 is 0 Å². The van der Waals surface area contributed by atoms with Crippen molar-refractivity contribution in [2.24, 2.45) is 0 Å². The molecule has 1 N–H and O–H groups in total. The van der Waals surface area contributed by atoms with Gasteiger partial charge in [-0.05, 0) is 43.9 Å². The minimum Gasteiger partial charge on any atom is -0.307 e. The zero-order valence-electron chi connectivity index (χ0n) is 8.06. The molecular weight excluding hydrogens is 158 g/mol. The molecule has 2 aliphatic rings. The molecule has 1 fully saturated rings. The number of benzene rings is 1. The Morgan fingerprint density at radius 3 is 2.85 bits per heavy atom. The first-order chi connectivity index (χ1) is 6.30. The highest BCUT2D eigenvalue weighted by atomic mass is 15.1. The SMILES string of the molecule is Cc1ccc2c(c1)[C@@]1(CCN1)CC2. The van der Waals surface area contributed by atoms with Gasteiger partial charge in [-0.3, -0.25) is 0 Å². The lowest BCUT2D eigenvalue weighted by Gasteiger charge is -2.41. The predicted molar refractivity (Wildman–Crippen MR) is 53.8 cm³/mol. The van der Waals surface area contributed by atoms with Crippen LogP contribution in [0.2, 0.25) is 0 Å². The molecule has 1 atom stereocenters. The summed E-state index contributed by atoms with van der Waals surface area (Å²) in [5.74, 6) is 0. The smallest absolute Gasteiger partial charge is 0.0452 e. The molecule has 1 saturated heterocycles. The molecule has 1 spiro atoms. The fourth-order valence-corrected chi connectivity index (χ4v) is 2.71. The van der Waals surface area contributed by atoms with Crippen LogP contribution in [0.4, 0.5) is 0 Å². The molecule has 0 radical (unpaired) electrons. The Morgan fingerprint density at radius 1 is 1.31 bits per heavy atom. The zero-order chi connectivity index (χ0) is 8.89. The summed E-state index contributed by atoms with van der Waals surface area (Å²) in [7, 11) is 0. The van der Waals surface area contributed by atoms with Crippen LogP contribution in [0.5, 0.6) is 0 Å². The van der Waals surface area contributed by atoms with E-state index in [9.17, 15) is 0 Å². The summed E-state index contributed by atoms with van der Waals surface area (Å²) in [6, 6.07) is 6.91. The van der Waals surface area contributed by atoms with E-state index in [1.807, 2.05) is 0 Å². The first-order valence-electron chi connectivity index (χ1n) is 5.15. The normalized spacial score (nSPS) is 30.2. The highest BCUT2D eigenvalue weighted by Crippen LogP contribution is 2.43. The molecule has 1 aromatic rings. The van der Waals surface area contributed by atoms with E-state index in [0.717, 1.165) is 0 Å². The molecule has 0 unspecified atom stereocenters. The maximum absolute atomic E-state index is 3.60. The van der Waals surface area contributed by atoms with Crippen LogP contribution < -0.4 is 5.32 Å². The zero-order valence-corrected chi connectivity index (χ0v) is 8.06. The summed E-state index contributed by atoms with van der Waals surface area (Å²) in [5, 5.41) is 3.60. The first-order valence-corrected chi connectivity index (χ1v) is 5.15. The number of rotatable bonds is 0. The topological polar surface area (TPSA) is 12.0 Å². The van der Waals surface area contributed by atoms with E-state index >= 15 is 0 Å². The second-order valence-electron chi connectivity index (χ2n) is 4.42. The average Bonchev–Trinajstić information content (AvgIpc) is 2.41. The largest absolute Gasteiger partial charge is 0.307 e. The average molecular weight is 173 g/mol. The third-order valence-corrected chi connectivity index (χ3v) is 3.62. The molecule has 3 rings (SSSR count). The predicted octanol–water partition coefficient (Wildman–Crippen LogP) is 2.13. The fourth-order valence-electron chi connectivity index (χ4n) is 2.71. The van der Waals surface area contributed by atoms with Crippen molar-refractivity contribution in [2.75, 3.05) is 6.54 Å². The Balaban J connectivity index is 2.14. The van der Waals surface area contributed by atoms with Crippen LogP contribution in [0.3, 0.4) is 0 Å². The van der Waals surface area contributed by atoms with Crippen molar-refractivity contribution in [1.29, 1.82) is 0 Å². The summed E-state index contributed by atoms with van der Waals surface area (Å²) in [5.41, 5.74) is 4.94. The minimum atomic E-state index is 0.390. The third kappa shape index (κ3) is 0.910. The molecule has 0 amide bonds. The summed E-state index contributed by atoms with van der Waals surface area (Å²) in [6.45, 7) is 3.39. The number of aryl methyl sites for hydroxylation is 2. The fraction of sp³-hybridized carbons (Fsp3) is 0.500. The molecule has 1 heterocycles. The van der Waals surface area contributed by atoms with Crippen LogP contribution in [-0.2, 0) is 12.0 Å². The van der Waals surface area contributed by atoms with E-state index < -0.39 is 0 Å². The van der Waals surface area contributed by atoms with Crippen LogP contribution in [-0.4, -0.2) is 6.54 Å². The highest BCUT2D eigenvalue weighted by Gasteiger charge is 2.42. The third-order valence-electron chi connectivity index (χ3n) is 3.62.